The summed E-state index contributed by atoms with van der Waals surface area (Å²) in [7, 11) is 0. The van der Waals surface area contributed by atoms with E-state index in [1.807, 2.05) is 30.9 Å². The van der Waals surface area contributed by atoms with Crippen molar-refractivity contribution in [1.29, 1.82) is 0 Å². The number of carbonyl (C=O) groups is 2. The molecule has 1 fully saturated rings. The van der Waals surface area contributed by atoms with Crippen molar-refractivity contribution >= 4 is 28.9 Å². The molecule has 1 heterocycles. The molecule has 1 saturated heterocycles. The Kier molecular flexibility index (Phi) is 6.66. The number of nitrogens with zero attached hydrogens (tertiary/aromatic N) is 2. The molecule has 0 spiro atoms. The highest BCUT2D eigenvalue weighted by atomic mass is 16.6. The van der Waals surface area contributed by atoms with Crippen LogP contribution in [0.2, 0.25) is 0 Å². The first-order valence-corrected chi connectivity index (χ1v) is 9.88. The van der Waals surface area contributed by atoms with Gasteiger partial charge in [0.1, 0.15) is 5.69 Å². The number of hydrogen-bond acceptors (Lipinski definition) is 6. The molecule has 2 aromatic carbocycles. The molecule has 0 aliphatic carbocycles. The van der Waals surface area contributed by atoms with Gasteiger partial charge in [0.05, 0.1) is 10.8 Å². The van der Waals surface area contributed by atoms with E-state index >= 15 is 0 Å². The highest BCUT2D eigenvalue weighted by Crippen LogP contribution is 2.31. The summed E-state index contributed by atoms with van der Waals surface area (Å²) in [4.78, 5) is 37.2. The maximum atomic E-state index is 12.4. The first kappa shape index (κ1) is 21.3. The summed E-state index contributed by atoms with van der Waals surface area (Å²) in [6.07, 6.45) is 1.03. The average molecular weight is 411 g/mol. The number of nitro benzene ring substituents is 1. The van der Waals surface area contributed by atoms with E-state index in [0.717, 1.165) is 11.1 Å². The van der Waals surface area contributed by atoms with Gasteiger partial charge in [0.25, 0.3) is 11.6 Å². The third-order valence-electron chi connectivity index (χ3n) is 5.47. The van der Waals surface area contributed by atoms with Crippen LogP contribution >= 0.6 is 0 Å². The number of para-hydroxylation sites is 2. The molecule has 2 aromatic rings. The van der Waals surface area contributed by atoms with Crippen molar-refractivity contribution in [3.05, 3.63) is 63.7 Å². The van der Waals surface area contributed by atoms with Crippen LogP contribution in [0.25, 0.3) is 0 Å². The molecule has 0 saturated carbocycles. The van der Waals surface area contributed by atoms with E-state index in [-0.39, 0.29) is 24.1 Å². The molecule has 0 atom stereocenters. The van der Waals surface area contributed by atoms with Crippen LogP contribution in [0.1, 0.15) is 24.0 Å². The molecule has 0 aromatic heterocycles. The van der Waals surface area contributed by atoms with Crippen molar-refractivity contribution in [1.82, 2.24) is 0 Å². The lowest BCUT2D eigenvalue weighted by Crippen LogP contribution is -2.37. The molecule has 1 aliphatic rings. The number of rotatable bonds is 6. The zero-order valence-corrected chi connectivity index (χ0v) is 17.1. The van der Waals surface area contributed by atoms with Crippen molar-refractivity contribution in [3.63, 3.8) is 0 Å². The molecule has 1 N–H and O–H groups in total. The minimum Gasteiger partial charge on any atom is -0.455 e. The Labute approximate surface area is 175 Å². The maximum absolute atomic E-state index is 12.4. The van der Waals surface area contributed by atoms with Crippen molar-refractivity contribution in [2.45, 2.75) is 26.7 Å². The molecule has 8 nitrogen and oxygen atoms in total. The van der Waals surface area contributed by atoms with Crippen LogP contribution in [0, 0.1) is 29.9 Å². The molecule has 3 rings (SSSR count). The molecule has 30 heavy (non-hydrogen) atoms. The highest BCUT2D eigenvalue weighted by molar-refractivity contribution is 5.93. The molecule has 8 heteroatoms. The minimum atomic E-state index is -0.409. The van der Waals surface area contributed by atoms with Gasteiger partial charge >= 0.3 is 5.97 Å². The summed E-state index contributed by atoms with van der Waals surface area (Å²) in [5.74, 6) is -1.11. The van der Waals surface area contributed by atoms with Gasteiger partial charge in [-0.1, -0.05) is 24.3 Å². The van der Waals surface area contributed by atoms with Gasteiger partial charge in [0, 0.05) is 24.8 Å². The monoisotopic (exact) mass is 411 g/mol. The number of anilines is 2. The van der Waals surface area contributed by atoms with Gasteiger partial charge in [-0.15, -0.1) is 0 Å². The molecule has 0 bridgehead atoms. The predicted octanol–water partition coefficient (Wildman–Crippen LogP) is 3.61. The summed E-state index contributed by atoms with van der Waals surface area (Å²) in [6.45, 7) is 4.57. The van der Waals surface area contributed by atoms with Crippen LogP contribution in [-0.4, -0.2) is 36.5 Å². The number of piperidine rings is 1. The van der Waals surface area contributed by atoms with Crippen LogP contribution in [0.5, 0.6) is 0 Å². The number of ether oxygens (including phenoxy) is 1. The lowest BCUT2D eigenvalue weighted by atomic mass is 9.96. The van der Waals surface area contributed by atoms with Gasteiger partial charge in [-0.05, 0) is 49.9 Å². The predicted molar refractivity (Wildman–Crippen MR) is 114 cm³/mol. The summed E-state index contributed by atoms with van der Waals surface area (Å²) >= 11 is 0. The van der Waals surface area contributed by atoms with Crippen LogP contribution in [0.4, 0.5) is 17.1 Å². The standard InChI is InChI=1S/C22H25N3O5/c1-15-6-5-7-18(16(15)2)23-21(26)14-30-22(27)17-10-12-24(13-11-17)19-8-3-4-9-20(19)25(28)29/h3-9,17H,10-14H2,1-2H3,(H,23,26). The maximum Gasteiger partial charge on any atom is 0.309 e. The first-order valence-electron chi connectivity index (χ1n) is 9.88. The van der Waals surface area contributed by atoms with Crippen molar-refractivity contribution in [2.24, 2.45) is 5.92 Å². The van der Waals surface area contributed by atoms with Crippen molar-refractivity contribution in [2.75, 3.05) is 29.9 Å². The molecule has 1 amide bonds. The summed E-state index contributed by atoms with van der Waals surface area (Å²) in [6, 6.07) is 12.2. The lowest BCUT2D eigenvalue weighted by molar-refractivity contribution is -0.384. The fraction of sp³-hybridized carbons (Fsp3) is 0.364. The number of carbonyl (C=O) groups excluding carboxylic acids is 2. The van der Waals surface area contributed by atoms with Crippen LogP contribution < -0.4 is 10.2 Å². The van der Waals surface area contributed by atoms with Gasteiger partial charge in [-0.25, -0.2) is 0 Å². The SMILES string of the molecule is Cc1cccc(NC(=O)COC(=O)C2CCN(c3ccccc3[N+](=O)[O-])CC2)c1C. The number of nitrogens with one attached hydrogen (secondary N) is 1. The smallest absolute Gasteiger partial charge is 0.309 e. The number of benzene rings is 2. The van der Waals surface area contributed by atoms with Gasteiger partial charge in [0.2, 0.25) is 0 Å². The number of nitro groups is 1. The molecular formula is C22H25N3O5. The van der Waals surface area contributed by atoms with Gasteiger partial charge in [-0.3, -0.25) is 19.7 Å². The average Bonchev–Trinajstić information content (AvgIpc) is 2.75. The summed E-state index contributed by atoms with van der Waals surface area (Å²) in [5.41, 5.74) is 3.35. The quantitative estimate of drug-likeness (QED) is 0.443. The minimum absolute atomic E-state index is 0.0571. The van der Waals surface area contributed by atoms with E-state index in [1.54, 1.807) is 24.3 Å². The second-order valence-corrected chi connectivity index (χ2v) is 7.41. The Morgan fingerprint density at radius 1 is 1.13 bits per heavy atom. The number of esters is 1. The van der Waals surface area contributed by atoms with Crippen molar-refractivity contribution in [3.8, 4) is 0 Å². The van der Waals surface area contributed by atoms with Gasteiger partial charge in [-0.2, -0.15) is 0 Å². The Hall–Kier alpha value is -3.42. The van der Waals surface area contributed by atoms with E-state index < -0.39 is 10.9 Å². The van der Waals surface area contributed by atoms with Gasteiger partial charge < -0.3 is 15.0 Å². The van der Waals surface area contributed by atoms with Crippen molar-refractivity contribution < 1.29 is 19.2 Å². The lowest BCUT2D eigenvalue weighted by Gasteiger charge is -2.32. The Morgan fingerprint density at radius 3 is 2.53 bits per heavy atom. The zero-order valence-electron chi connectivity index (χ0n) is 17.1. The van der Waals surface area contributed by atoms with Crippen LogP contribution in [-0.2, 0) is 14.3 Å². The van der Waals surface area contributed by atoms with Crippen LogP contribution in [0.15, 0.2) is 42.5 Å². The first-order chi connectivity index (χ1) is 14.4. The van der Waals surface area contributed by atoms with E-state index in [1.165, 1.54) is 6.07 Å². The molecule has 158 valence electrons. The Balaban J connectivity index is 1.49. The Morgan fingerprint density at radius 2 is 1.83 bits per heavy atom. The second kappa shape index (κ2) is 9.39. The highest BCUT2D eigenvalue weighted by Gasteiger charge is 2.29. The van der Waals surface area contributed by atoms with Crippen LogP contribution in [0.3, 0.4) is 0 Å². The number of hydrogen-bond donors (Lipinski definition) is 1. The molecular weight excluding hydrogens is 386 g/mol. The second-order valence-electron chi connectivity index (χ2n) is 7.41. The third kappa shape index (κ3) is 4.94. The van der Waals surface area contributed by atoms with E-state index in [4.69, 9.17) is 4.74 Å². The van der Waals surface area contributed by atoms with E-state index in [0.29, 0.717) is 37.3 Å². The fourth-order valence-electron chi connectivity index (χ4n) is 3.57. The molecule has 0 unspecified atom stereocenters. The van der Waals surface area contributed by atoms with Gasteiger partial charge in [0.15, 0.2) is 6.61 Å². The zero-order chi connectivity index (χ0) is 21.7. The van der Waals surface area contributed by atoms with E-state index in [2.05, 4.69) is 5.32 Å². The molecule has 0 radical (unpaired) electrons. The Bertz CT molecular complexity index is 952. The largest absolute Gasteiger partial charge is 0.455 e. The third-order valence-corrected chi connectivity index (χ3v) is 5.47. The summed E-state index contributed by atoms with van der Waals surface area (Å²) in [5, 5.41) is 14.0. The fourth-order valence-corrected chi connectivity index (χ4v) is 3.57. The number of aryl methyl sites for hydroxylation is 1. The number of amides is 1. The molecule has 1 aliphatic heterocycles. The normalized spacial score (nSPS) is 14.3. The van der Waals surface area contributed by atoms with E-state index in [9.17, 15) is 19.7 Å². The topological polar surface area (TPSA) is 102 Å². The summed E-state index contributed by atoms with van der Waals surface area (Å²) < 4.78 is 5.21.